The van der Waals surface area contributed by atoms with Crippen LogP contribution in [0.5, 0.6) is 40.2 Å². The van der Waals surface area contributed by atoms with E-state index >= 15 is 0 Å². The molecule has 1 aromatic heterocycles. The molecule has 0 fully saturated rings. The first-order valence-electron chi connectivity index (χ1n) is 10.8. The maximum atomic E-state index is 13.1. The van der Waals surface area contributed by atoms with E-state index in [4.69, 9.17) is 13.9 Å². The number of carbonyl (C=O) groups excluding carboxylic acids is 1. The van der Waals surface area contributed by atoms with Gasteiger partial charge >= 0.3 is 5.97 Å². The van der Waals surface area contributed by atoms with Crippen LogP contribution in [0.15, 0.2) is 51.7 Å². The van der Waals surface area contributed by atoms with Crippen LogP contribution in [0.2, 0.25) is 0 Å². The minimum absolute atomic E-state index is 0.00723. The lowest BCUT2D eigenvalue weighted by Crippen LogP contribution is -2.12. The lowest BCUT2D eigenvalue weighted by atomic mass is 9.86. The van der Waals surface area contributed by atoms with E-state index in [0.717, 1.165) is 25.3 Å². The minimum Gasteiger partial charge on any atom is -0.507 e. The maximum absolute atomic E-state index is 13.1. The number of phenolic OH excluding ortho intramolecular Hbond substituents is 5. The molecule has 4 aromatic rings. The number of rotatable bonds is 6. The van der Waals surface area contributed by atoms with Gasteiger partial charge in [-0.1, -0.05) is 6.07 Å². The summed E-state index contributed by atoms with van der Waals surface area (Å²) in [5.41, 5.74) is -1.26. The van der Waals surface area contributed by atoms with Crippen molar-refractivity contribution in [2.24, 2.45) is 0 Å². The van der Waals surface area contributed by atoms with Gasteiger partial charge in [-0.3, -0.25) is 9.59 Å². The number of esters is 1. The molecular formula is C26H22O11. The standard InChI is InChI=1S/C26H22O11/c1-35-19-6-4-11(7-16(19)29)13(9-20(32)36-2)21-17(30)10-18(31)22-23(33)24(34)25(37-26(21)22)12-3-5-14(27)15(28)8-12/h3-8,10,13,27-31,34H,9H2,1-2H3. The first-order valence-corrected chi connectivity index (χ1v) is 10.8. The van der Waals surface area contributed by atoms with Crippen molar-refractivity contribution >= 4 is 16.9 Å². The quantitative estimate of drug-likeness (QED) is 0.165. The van der Waals surface area contributed by atoms with Crippen molar-refractivity contribution < 1.29 is 49.3 Å². The molecule has 0 bridgehead atoms. The molecule has 1 atom stereocenters. The van der Waals surface area contributed by atoms with E-state index in [0.29, 0.717) is 5.56 Å². The number of aromatic hydroxyl groups is 6. The van der Waals surface area contributed by atoms with Crippen molar-refractivity contribution in [3.05, 3.63) is 63.8 Å². The molecule has 0 aliphatic rings. The normalized spacial score (nSPS) is 11.8. The Labute approximate surface area is 208 Å². The molecule has 0 aliphatic carbocycles. The number of fused-ring (bicyclic) bond motifs is 1. The van der Waals surface area contributed by atoms with Crippen molar-refractivity contribution in [2.75, 3.05) is 14.2 Å². The van der Waals surface area contributed by atoms with Crippen LogP contribution in [-0.4, -0.2) is 50.8 Å². The van der Waals surface area contributed by atoms with Crippen LogP contribution in [0.4, 0.5) is 0 Å². The summed E-state index contributed by atoms with van der Waals surface area (Å²) in [7, 11) is 2.51. The molecule has 6 N–H and O–H groups in total. The lowest BCUT2D eigenvalue weighted by Gasteiger charge is -2.21. The van der Waals surface area contributed by atoms with Crippen LogP contribution in [0.25, 0.3) is 22.3 Å². The SMILES string of the molecule is COC(=O)CC(c1ccc(OC)c(O)c1)c1c(O)cc(O)c2c(=O)c(O)c(-c3ccc(O)c(O)c3)oc12. The molecule has 0 radical (unpaired) electrons. The third-order valence-corrected chi connectivity index (χ3v) is 5.93. The summed E-state index contributed by atoms with van der Waals surface area (Å²) in [5.74, 6) is -5.51. The monoisotopic (exact) mass is 510 g/mol. The van der Waals surface area contributed by atoms with Crippen LogP contribution in [0.1, 0.15) is 23.5 Å². The van der Waals surface area contributed by atoms with E-state index in [1.807, 2.05) is 0 Å². The summed E-state index contributed by atoms with van der Waals surface area (Å²) in [6, 6.07) is 8.51. The number of hydrogen-bond acceptors (Lipinski definition) is 11. The van der Waals surface area contributed by atoms with E-state index in [1.54, 1.807) is 0 Å². The number of ether oxygens (including phenoxy) is 2. The van der Waals surface area contributed by atoms with Crippen LogP contribution < -0.4 is 10.2 Å². The average Bonchev–Trinajstić information content (AvgIpc) is 2.86. The predicted octanol–water partition coefficient (Wildman–Crippen LogP) is 3.40. The van der Waals surface area contributed by atoms with Crippen LogP contribution >= 0.6 is 0 Å². The highest BCUT2D eigenvalue weighted by atomic mass is 16.5. The molecule has 4 rings (SSSR count). The van der Waals surface area contributed by atoms with Crippen molar-refractivity contribution in [3.63, 3.8) is 0 Å². The molecular weight excluding hydrogens is 488 g/mol. The molecule has 0 saturated heterocycles. The Kier molecular flexibility index (Phi) is 6.45. The molecule has 0 spiro atoms. The summed E-state index contributed by atoms with van der Waals surface area (Å²) in [6.45, 7) is 0. The number of phenols is 5. The zero-order chi connectivity index (χ0) is 27.0. The molecule has 1 heterocycles. The van der Waals surface area contributed by atoms with Crippen molar-refractivity contribution in [2.45, 2.75) is 12.3 Å². The summed E-state index contributed by atoms with van der Waals surface area (Å²) in [4.78, 5) is 25.5. The Hall–Kier alpha value is -5.06. The second-order valence-electron chi connectivity index (χ2n) is 8.11. The summed E-state index contributed by atoms with van der Waals surface area (Å²) < 4.78 is 15.7. The van der Waals surface area contributed by atoms with Gasteiger partial charge in [-0.2, -0.15) is 0 Å². The number of hydrogen-bond donors (Lipinski definition) is 6. The number of carbonyl (C=O) groups is 1. The van der Waals surface area contributed by atoms with Crippen molar-refractivity contribution in [1.82, 2.24) is 0 Å². The highest BCUT2D eigenvalue weighted by molar-refractivity contribution is 5.92. The minimum atomic E-state index is -1.07. The lowest BCUT2D eigenvalue weighted by molar-refractivity contribution is -0.140. The zero-order valence-electron chi connectivity index (χ0n) is 19.6. The Morgan fingerprint density at radius 3 is 2.22 bits per heavy atom. The molecule has 0 saturated carbocycles. The molecule has 37 heavy (non-hydrogen) atoms. The fraction of sp³-hybridized carbons (Fsp3) is 0.154. The fourth-order valence-electron chi connectivity index (χ4n) is 4.10. The van der Waals surface area contributed by atoms with E-state index < -0.39 is 57.2 Å². The third-order valence-electron chi connectivity index (χ3n) is 5.93. The van der Waals surface area contributed by atoms with Gasteiger partial charge in [-0.25, -0.2) is 0 Å². The summed E-state index contributed by atoms with van der Waals surface area (Å²) in [6.07, 6.45) is -0.379. The van der Waals surface area contributed by atoms with Gasteiger partial charge < -0.3 is 44.5 Å². The molecule has 11 heteroatoms. The van der Waals surface area contributed by atoms with Gasteiger partial charge in [0.15, 0.2) is 28.8 Å². The third kappa shape index (κ3) is 4.38. The largest absolute Gasteiger partial charge is 0.507 e. The second kappa shape index (κ2) is 9.53. The number of benzene rings is 3. The highest BCUT2D eigenvalue weighted by Crippen LogP contribution is 2.46. The zero-order valence-corrected chi connectivity index (χ0v) is 19.6. The van der Waals surface area contributed by atoms with Gasteiger partial charge in [0.1, 0.15) is 22.5 Å². The first-order chi connectivity index (χ1) is 17.6. The molecule has 192 valence electrons. The summed E-state index contributed by atoms with van der Waals surface area (Å²) >= 11 is 0. The fourth-order valence-corrected chi connectivity index (χ4v) is 4.10. The average molecular weight is 510 g/mol. The topological polar surface area (TPSA) is 187 Å². The van der Waals surface area contributed by atoms with Crippen LogP contribution in [-0.2, 0) is 9.53 Å². The van der Waals surface area contributed by atoms with Gasteiger partial charge in [0.05, 0.1) is 20.6 Å². The highest BCUT2D eigenvalue weighted by Gasteiger charge is 2.30. The van der Waals surface area contributed by atoms with E-state index in [2.05, 4.69) is 0 Å². The van der Waals surface area contributed by atoms with E-state index in [9.17, 15) is 40.2 Å². The summed E-state index contributed by atoms with van der Waals surface area (Å²) in [5, 5.41) is 61.3. The Bertz CT molecular complexity index is 1590. The number of methoxy groups -OCH3 is 2. The molecule has 3 aromatic carbocycles. The van der Waals surface area contributed by atoms with Crippen LogP contribution in [0, 0.1) is 0 Å². The Morgan fingerprint density at radius 1 is 0.865 bits per heavy atom. The molecule has 11 nitrogen and oxygen atoms in total. The maximum Gasteiger partial charge on any atom is 0.306 e. The Morgan fingerprint density at radius 2 is 1.59 bits per heavy atom. The van der Waals surface area contributed by atoms with E-state index in [-0.39, 0.29) is 34.6 Å². The van der Waals surface area contributed by atoms with Crippen LogP contribution in [0.3, 0.4) is 0 Å². The van der Waals surface area contributed by atoms with Crippen molar-refractivity contribution in [1.29, 1.82) is 0 Å². The first kappa shape index (κ1) is 25.0. The van der Waals surface area contributed by atoms with Gasteiger partial charge in [0.2, 0.25) is 11.2 Å². The molecule has 0 aliphatic heterocycles. The van der Waals surface area contributed by atoms with Gasteiger partial charge in [0, 0.05) is 23.1 Å². The van der Waals surface area contributed by atoms with Gasteiger partial charge in [0.25, 0.3) is 0 Å². The van der Waals surface area contributed by atoms with Crippen molar-refractivity contribution in [3.8, 4) is 51.6 Å². The van der Waals surface area contributed by atoms with E-state index in [1.165, 1.54) is 31.4 Å². The van der Waals surface area contributed by atoms with Gasteiger partial charge in [-0.05, 0) is 35.9 Å². The smallest absolute Gasteiger partial charge is 0.306 e. The second-order valence-corrected chi connectivity index (χ2v) is 8.11. The van der Waals surface area contributed by atoms with Gasteiger partial charge in [-0.15, -0.1) is 0 Å². The molecule has 0 amide bonds. The Balaban J connectivity index is 2.08. The molecule has 1 unspecified atom stereocenters. The predicted molar refractivity (Wildman–Crippen MR) is 129 cm³/mol.